The summed E-state index contributed by atoms with van der Waals surface area (Å²) in [7, 11) is -3.22. The van der Waals surface area contributed by atoms with Crippen molar-refractivity contribution < 1.29 is 23.4 Å². The molecule has 0 fully saturated rings. The predicted octanol–water partition coefficient (Wildman–Crippen LogP) is 8.53. The van der Waals surface area contributed by atoms with Crippen LogP contribution >= 0.6 is 0 Å². The average Bonchev–Trinajstić information content (AvgIpc) is 3.00. The highest BCUT2D eigenvalue weighted by Crippen LogP contribution is 2.42. The number of ether oxygens (including phenoxy) is 2. The maximum Gasteiger partial charge on any atom is 0.261 e. The van der Waals surface area contributed by atoms with Gasteiger partial charge in [-0.1, -0.05) is 114 Å². The van der Waals surface area contributed by atoms with Crippen molar-refractivity contribution >= 4 is 27.0 Å². The van der Waals surface area contributed by atoms with Crippen LogP contribution in [0.2, 0.25) is 23.2 Å². The molecule has 0 aliphatic carbocycles. The highest BCUT2D eigenvalue weighted by atomic mass is 28.4. The average molecular weight is 667 g/mol. The monoisotopic (exact) mass is 666 g/mol. The highest BCUT2D eigenvalue weighted by molar-refractivity contribution is 6.99. The van der Waals surface area contributed by atoms with Crippen molar-refractivity contribution in [2.24, 2.45) is 0 Å². The SMILES string of the molecule is CO[C@]1(C[C@@H](CO[Si](c2ccccc2)(c2ccccc2)C(C)(C)C)O[Si](C)(C)C(C)(C)C)CC=C(C)[C@@H](/C(C)=C/CCCCO)O1. The van der Waals surface area contributed by atoms with E-state index in [2.05, 4.69) is 141 Å². The van der Waals surface area contributed by atoms with Gasteiger partial charge in [-0.2, -0.15) is 0 Å². The van der Waals surface area contributed by atoms with E-state index in [1.165, 1.54) is 21.5 Å². The number of unbranched alkanes of at least 4 members (excludes halogenated alkanes) is 2. The molecule has 3 atom stereocenters. The summed E-state index contributed by atoms with van der Waals surface area (Å²) in [5, 5.41) is 11.6. The van der Waals surface area contributed by atoms with E-state index in [4.69, 9.17) is 18.3 Å². The van der Waals surface area contributed by atoms with Gasteiger partial charge < -0.3 is 23.4 Å². The molecular weight excluding hydrogens is 605 g/mol. The first-order valence-electron chi connectivity index (χ1n) is 17.1. The van der Waals surface area contributed by atoms with Crippen LogP contribution in [0.25, 0.3) is 0 Å². The summed E-state index contributed by atoms with van der Waals surface area (Å²) in [6.45, 7) is 23.4. The fourth-order valence-corrected chi connectivity index (χ4v) is 12.3. The van der Waals surface area contributed by atoms with Crippen LogP contribution in [0.1, 0.15) is 87.5 Å². The fourth-order valence-electron chi connectivity index (χ4n) is 6.33. The molecule has 3 rings (SSSR count). The van der Waals surface area contributed by atoms with Crippen LogP contribution in [0.5, 0.6) is 0 Å². The van der Waals surface area contributed by atoms with Gasteiger partial charge in [0.1, 0.15) is 6.10 Å². The molecular formula is C39H62O5Si2. The zero-order chi connectivity index (χ0) is 34.2. The van der Waals surface area contributed by atoms with E-state index in [9.17, 15) is 5.11 Å². The summed E-state index contributed by atoms with van der Waals surface area (Å²) in [6, 6.07) is 21.6. The molecule has 0 saturated carbocycles. The first-order chi connectivity index (χ1) is 21.5. The fraction of sp³-hybridized carbons (Fsp3) is 0.590. The number of hydrogen-bond donors (Lipinski definition) is 1. The van der Waals surface area contributed by atoms with E-state index >= 15 is 0 Å². The van der Waals surface area contributed by atoms with Crippen LogP contribution in [-0.2, 0) is 18.3 Å². The van der Waals surface area contributed by atoms with Crippen molar-refractivity contribution in [3.8, 4) is 0 Å². The van der Waals surface area contributed by atoms with Crippen LogP contribution in [0.4, 0.5) is 0 Å². The summed E-state index contributed by atoms with van der Waals surface area (Å²) in [6.07, 6.45) is 8.03. The van der Waals surface area contributed by atoms with E-state index in [1.54, 1.807) is 7.11 Å². The van der Waals surface area contributed by atoms with Crippen LogP contribution in [0, 0.1) is 0 Å². The van der Waals surface area contributed by atoms with Gasteiger partial charge in [0.2, 0.25) is 0 Å². The first kappa shape index (κ1) is 38.6. The number of allylic oxidation sites excluding steroid dienone is 1. The lowest BCUT2D eigenvalue weighted by molar-refractivity contribution is -0.250. The Morgan fingerprint density at radius 3 is 2.00 bits per heavy atom. The lowest BCUT2D eigenvalue weighted by Gasteiger charge is -2.47. The van der Waals surface area contributed by atoms with Crippen LogP contribution in [0.3, 0.4) is 0 Å². The van der Waals surface area contributed by atoms with Crippen molar-refractivity contribution in [1.82, 2.24) is 0 Å². The van der Waals surface area contributed by atoms with Gasteiger partial charge >= 0.3 is 0 Å². The van der Waals surface area contributed by atoms with Gasteiger partial charge in [0.05, 0.1) is 12.7 Å². The molecule has 0 bridgehead atoms. The molecule has 0 spiro atoms. The largest absolute Gasteiger partial charge is 0.411 e. The third-order valence-electron chi connectivity index (χ3n) is 10.1. The van der Waals surface area contributed by atoms with Gasteiger partial charge in [0, 0.05) is 26.6 Å². The molecule has 2 aromatic rings. The molecule has 0 amide bonds. The Balaban J connectivity index is 2.04. The van der Waals surface area contributed by atoms with Crippen LogP contribution < -0.4 is 10.4 Å². The van der Waals surface area contributed by atoms with Crippen molar-refractivity contribution in [3.05, 3.63) is 84.0 Å². The Hall–Kier alpha value is -1.85. The second-order valence-corrected chi connectivity index (χ2v) is 24.7. The molecule has 256 valence electrons. The smallest absolute Gasteiger partial charge is 0.261 e. The Labute approximate surface area is 282 Å². The topological polar surface area (TPSA) is 57.2 Å². The van der Waals surface area contributed by atoms with Gasteiger partial charge in [-0.05, 0) is 77.8 Å². The summed E-state index contributed by atoms with van der Waals surface area (Å²) in [5.41, 5.74) is 2.38. The zero-order valence-corrected chi connectivity index (χ0v) is 32.6. The Morgan fingerprint density at radius 2 is 1.52 bits per heavy atom. The number of benzene rings is 2. The van der Waals surface area contributed by atoms with E-state index in [1.807, 2.05) is 0 Å². The third-order valence-corrected chi connectivity index (χ3v) is 19.6. The minimum Gasteiger partial charge on any atom is -0.411 e. The first-order valence-corrected chi connectivity index (χ1v) is 21.9. The molecule has 46 heavy (non-hydrogen) atoms. The summed E-state index contributed by atoms with van der Waals surface area (Å²) >= 11 is 0. The van der Waals surface area contributed by atoms with Crippen molar-refractivity contribution in [3.63, 3.8) is 0 Å². The van der Waals surface area contributed by atoms with Gasteiger partial charge in [0.25, 0.3) is 8.32 Å². The lowest BCUT2D eigenvalue weighted by atomic mass is 9.93. The predicted molar refractivity (Wildman–Crippen MR) is 198 cm³/mol. The second kappa shape index (κ2) is 16.0. The molecule has 2 aromatic carbocycles. The Kier molecular flexibility index (Phi) is 13.5. The summed E-state index contributed by atoms with van der Waals surface area (Å²) < 4.78 is 28.0. The zero-order valence-electron chi connectivity index (χ0n) is 30.6. The minimum atomic E-state index is -2.78. The molecule has 1 heterocycles. The summed E-state index contributed by atoms with van der Waals surface area (Å²) in [5.74, 6) is -0.841. The molecule has 0 aromatic heterocycles. The summed E-state index contributed by atoms with van der Waals surface area (Å²) in [4.78, 5) is 0. The number of aliphatic hydroxyl groups excluding tert-OH is 1. The number of rotatable bonds is 15. The molecule has 5 nitrogen and oxygen atoms in total. The molecule has 1 N–H and O–H groups in total. The van der Waals surface area contributed by atoms with Crippen LogP contribution in [-0.4, -0.2) is 60.1 Å². The molecule has 0 saturated heterocycles. The quantitative estimate of drug-likeness (QED) is 0.117. The van der Waals surface area contributed by atoms with Gasteiger partial charge in [-0.3, -0.25) is 0 Å². The van der Waals surface area contributed by atoms with E-state index in [0.29, 0.717) is 19.4 Å². The number of methoxy groups -OCH3 is 1. The highest BCUT2D eigenvalue weighted by Gasteiger charge is 2.51. The van der Waals surface area contributed by atoms with Crippen molar-refractivity contribution in [1.29, 1.82) is 0 Å². The number of aliphatic hydroxyl groups is 1. The molecule has 7 heteroatoms. The molecule has 0 unspecified atom stereocenters. The minimum absolute atomic E-state index is 0.0310. The second-order valence-electron chi connectivity index (χ2n) is 15.6. The van der Waals surface area contributed by atoms with Gasteiger partial charge in [-0.25, -0.2) is 0 Å². The van der Waals surface area contributed by atoms with E-state index in [-0.39, 0.29) is 28.9 Å². The Morgan fingerprint density at radius 1 is 0.957 bits per heavy atom. The Bertz CT molecular complexity index is 1240. The van der Waals surface area contributed by atoms with Gasteiger partial charge in [-0.15, -0.1) is 0 Å². The third kappa shape index (κ3) is 9.19. The number of hydrogen-bond acceptors (Lipinski definition) is 5. The van der Waals surface area contributed by atoms with E-state index in [0.717, 1.165) is 19.3 Å². The maximum absolute atomic E-state index is 9.22. The van der Waals surface area contributed by atoms with E-state index < -0.39 is 22.4 Å². The van der Waals surface area contributed by atoms with Crippen LogP contribution in [0.15, 0.2) is 84.0 Å². The lowest BCUT2D eigenvalue weighted by Crippen LogP contribution is -2.67. The maximum atomic E-state index is 9.22. The van der Waals surface area contributed by atoms with Crippen molar-refractivity contribution in [2.75, 3.05) is 20.3 Å². The van der Waals surface area contributed by atoms with Gasteiger partial charge in [0.15, 0.2) is 14.1 Å². The van der Waals surface area contributed by atoms with Crippen molar-refractivity contribution in [2.45, 2.75) is 129 Å². The molecule has 1 aliphatic rings. The molecule has 0 radical (unpaired) electrons. The normalized spacial score (nSPS) is 20.8. The standard InChI is InChI=1S/C39H62O5Si2/c1-31(21-15-14-20-28-40)36-32(2)26-27-39(41-9,43-36)29-33(44-45(10,11)37(3,4)5)30-42-46(38(6,7)8,34-22-16-12-17-23-34)35-24-18-13-19-25-35/h12-13,16-19,21-26,33,36,40H,14-15,20,27-30H2,1-11H3/b31-21+/t33-,36+,39+/m0/s1. The molecule has 1 aliphatic heterocycles.